The van der Waals surface area contributed by atoms with Gasteiger partial charge in [-0.3, -0.25) is 9.36 Å². The Bertz CT molecular complexity index is 1210. The summed E-state index contributed by atoms with van der Waals surface area (Å²) >= 11 is 0. The van der Waals surface area contributed by atoms with Gasteiger partial charge in [-0.1, -0.05) is 242 Å². The van der Waals surface area contributed by atoms with E-state index in [9.17, 15) is 19.4 Å². The second-order valence-corrected chi connectivity index (χ2v) is 21.7. The molecule has 2 N–H and O–H groups in total. The molecule has 0 aliphatic carbocycles. The number of amides is 1. The lowest BCUT2D eigenvalue weighted by Gasteiger charge is -2.29. The number of rotatable bonds is 51. The number of unbranched alkanes of at least 4 members (excludes halogenated alkanes) is 32. The molecule has 0 aromatic heterocycles. The maximum absolute atomic E-state index is 12.9. The van der Waals surface area contributed by atoms with Gasteiger partial charge >= 0.3 is 0 Å². The van der Waals surface area contributed by atoms with Crippen molar-refractivity contribution in [2.45, 2.75) is 270 Å². The minimum atomic E-state index is -4.59. The molecule has 0 saturated heterocycles. The molecule has 0 fully saturated rings. The Balaban J connectivity index is 3.99. The molecule has 0 radical (unpaired) electrons. The van der Waals surface area contributed by atoms with Crippen LogP contribution in [0.25, 0.3) is 0 Å². The van der Waals surface area contributed by atoms with E-state index in [1.807, 2.05) is 27.2 Å². The highest BCUT2D eigenvalue weighted by atomic mass is 31.2. The molecular formula is C57H109N2O6P. The fourth-order valence-corrected chi connectivity index (χ4v) is 8.83. The SMILES string of the molecule is CCCCCCC/C=C\C/C=C\C/C=C\CCCCCCCCCCCCCCCCCCCCC(=O)NC(COP(=O)([O-])OCC[N+](C)(C)C)C(O)/C=C/CCCCCCCCCCC. The third-order valence-electron chi connectivity index (χ3n) is 12.5. The molecule has 0 aromatic rings. The van der Waals surface area contributed by atoms with E-state index in [1.54, 1.807) is 6.08 Å². The normalized spacial score (nSPS) is 14.3. The van der Waals surface area contributed by atoms with Crippen molar-refractivity contribution in [3.63, 3.8) is 0 Å². The van der Waals surface area contributed by atoms with Crippen LogP contribution >= 0.6 is 7.82 Å². The third-order valence-corrected chi connectivity index (χ3v) is 13.5. The predicted octanol–water partition coefficient (Wildman–Crippen LogP) is 16.1. The molecule has 0 heterocycles. The Morgan fingerprint density at radius 2 is 0.879 bits per heavy atom. The zero-order valence-corrected chi connectivity index (χ0v) is 45.0. The summed E-state index contributed by atoms with van der Waals surface area (Å²) in [4.78, 5) is 25.4. The Hall–Kier alpha value is -1.54. The number of likely N-dealkylation sites (N-methyl/N-ethyl adjacent to an activating group) is 1. The van der Waals surface area contributed by atoms with Crippen LogP contribution in [0.2, 0.25) is 0 Å². The van der Waals surface area contributed by atoms with Gasteiger partial charge in [0.2, 0.25) is 5.91 Å². The largest absolute Gasteiger partial charge is 0.756 e. The summed E-state index contributed by atoms with van der Waals surface area (Å²) in [6, 6.07) is -0.884. The molecule has 0 aliphatic rings. The van der Waals surface area contributed by atoms with Crippen molar-refractivity contribution < 1.29 is 32.9 Å². The maximum atomic E-state index is 12.9. The second kappa shape index (κ2) is 48.5. The fraction of sp³-hybridized carbons (Fsp3) is 0.842. The van der Waals surface area contributed by atoms with E-state index in [0.29, 0.717) is 17.4 Å². The standard InChI is InChI=1S/C57H109N2O6P/c1-6-8-10-12-14-16-18-19-20-21-22-23-24-25-26-27-28-29-30-31-32-33-34-35-36-37-38-39-41-43-45-47-49-51-57(61)58-55(54-65-66(62,63)64-53-52-59(3,4)5)56(60)50-48-46-44-42-40-17-15-13-11-9-7-2/h18-19,21-22,24-25,48,50,55-56,60H,6-17,20,23,26-47,49,51-54H2,1-5H3,(H-,58,61,62,63)/b19-18-,22-21-,25-24-,50-48+. The van der Waals surface area contributed by atoms with Gasteiger partial charge in [0.1, 0.15) is 13.2 Å². The molecule has 0 bridgehead atoms. The van der Waals surface area contributed by atoms with Crippen LogP contribution in [0, 0.1) is 0 Å². The van der Waals surface area contributed by atoms with Crippen molar-refractivity contribution in [1.29, 1.82) is 0 Å². The lowest BCUT2D eigenvalue weighted by atomic mass is 10.0. The van der Waals surface area contributed by atoms with Gasteiger partial charge in [-0.25, -0.2) is 0 Å². The molecule has 388 valence electrons. The molecule has 1 amide bonds. The molecule has 9 heteroatoms. The van der Waals surface area contributed by atoms with Gasteiger partial charge in [0.05, 0.1) is 39.9 Å². The van der Waals surface area contributed by atoms with Crippen LogP contribution in [0.5, 0.6) is 0 Å². The smallest absolute Gasteiger partial charge is 0.268 e. The van der Waals surface area contributed by atoms with Crippen molar-refractivity contribution in [2.24, 2.45) is 0 Å². The summed E-state index contributed by atoms with van der Waals surface area (Å²) in [7, 11) is 1.26. The number of hydrogen-bond acceptors (Lipinski definition) is 6. The van der Waals surface area contributed by atoms with Crippen LogP contribution < -0.4 is 10.2 Å². The minimum Gasteiger partial charge on any atom is -0.756 e. The highest BCUT2D eigenvalue weighted by molar-refractivity contribution is 7.45. The van der Waals surface area contributed by atoms with Gasteiger partial charge in [0.25, 0.3) is 7.82 Å². The summed E-state index contributed by atoms with van der Waals surface area (Å²) in [6.07, 6.45) is 63.4. The van der Waals surface area contributed by atoms with Crippen LogP contribution in [0.15, 0.2) is 48.6 Å². The molecule has 0 saturated carbocycles. The molecule has 8 nitrogen and oxygen atoms in total. The predicted molar refractivity (Wildman–Crippen MR) is 284 cm³/mol. The monoisotopic (exact) mass is 949 g/mol. The van der Waals surface area contributed by atoms with Gasteiger partial charge in [-0.05, 0) is 57.8 Å². The zero-order chi connectivity index (χ0) is 48.5. The van der Waals surface area contributed by atoms with Crippen molar-refractivity contribution in [2.75, 3.05) is 40.9 Å². The van der Waals surface area contributed by atoms with Crippen LogP contribution in [0.4, 0.5) is 0 Å². The van der Waals surface area contributed by atoms with Crippen LogP contribution in [0.1, 0.15) is 258 Å². The first-order valence-corrected chi connectivity index (χ1v) is 29.5. The number of carbonyl (C=O) groups is 1. The lowest BCUT2D eigenvalue weighted by molar-refractivity contribution is -0.870. The first kappa shape index (κ1) is 64.5. The Morgan fingerprint density at radius 3 is 1.27 bits per heavy atom. The van der Waals surface area contributed by atoms with E-state index < -0.39 is 20.0 Å². The van der Waals surface area contributed by atoms with E-state index in [1.165, 1.54) is 186 Å². The van der Waals surface area contributed by atoms with Crippen LogP contribution in [-0.2, 0) is 18.4 Å². The van der Waals surface area contributed by atoms with Gasteiger partial charge in [-0.15, -0.1) is 0 Å². The minimum absolute atomic E-state index is 0.000682. The van der Waals surface area contributed by atoms with Crippen molar-refractivity contribution in [3.05, 3.63) is 48.6 Å². The Kier molecular flexibility index (Phi) is 47.4. The number of allylic oxidation sites excluding steroid dienone is 7. The second-order valence-electron chi connectivity index (χ2n) is 20.3. The number of aliphatic hydroxyl groups excluding tert-OH is 1. The molecule has 3 atom stereocenters. The number of phosphoric ester groups is 1. The van der Waals surface area contributed by atoms with E-state index in [-0.39, 0.29) is 19.1 Å². The molecule has 0 spiro atoms. The quantitative estimate of drug-likeness (QED) is 0.0272. The topological polar surface area (TPSA) is 108 Å². The van der Waals surface area contributed by atoms with E-state index in [0.717, 1.165) is 51.4 Å². The molecule has 0 aromatic carbocycles. The fourth-order valence-electron chi connectivity index (χ4n) is 8.10. The van der Waals surface area contributed by atoms with Crippen molar-refractivity contribution in [3.8, 4) is 0 Å². The number of carbonyl (C=O) groups excluding carboxylic acids is 1. The van der Waals surface area contributed by atoms with E-state index >= 15 is 0 Å². The highest BCUT2D eigenvalue weighted by Gasteiger charge is 2.23. The van der Waals surface area contributed by atoms with Crippen LogP contribution in [-0.4, -0.2) is 68.5 Å². The number of nitrogens with zero attached hydrogens (tertiary/aromatic N) is 1. The molecule has 0 rings (SSSR count). The van der Waals surface area contributed by atoms with Crippen molar-refractivity contribution in [1.82, 2.24) is 5.32 Å². The molecular weight excluding hydrogens is 840 g/mol. The molecule has 0 aliphatic heterocycles. The number of phosphoric acid groups is 1. The Morgan fingerprint density at radius 1 is 0.530 bits per heavy atom. The van der Waals surface area contributed by atoms with Gasteiger partial charge in [0, 0.05) is 6.42 Å². The van der Waals surface area contributed by atoms with Crippen LogP contribution in [0.3, 0.4) is 0 Å². The van der Waals surface area contributed by atoms with Gasteiger partial charge < -0.3 is 28.8 Å². The number of hydrogen-bond donors (Lipinski definition) is 2. The van der Waals surface area contributed by atoms with Gasteiger partial charge in [0.15, 0.2) is 0 Å². The summed E-state index contributed by atoms with van der Waals surface area (Å²) in [5, 5.41) is 13.8. The first-order chi connectivity index (χ1) is 32.0. The van der Waals surface area contributed by atoms with Gasteiger partial charge in [-0.2, -0.15) is 0 Å². The first-order valence-electron chi connectivity index (χ1n) is 28.0. The summed E-state index contributed by atoms with van der Waals surface area (Å²) in [5.74, 6) is -0.197. The third kappa shape index (κ3) is 50.3. The zero-order valence-electron chi connectivity index (χ0n) is 44.1. The van der Waals surface area contributed by atoms with E-state index in [4.69, 9.17) is 9.05 Å². The van der Waals surface area contributed by atoms with Crippen molar-refractivity contribution >= 4 is 13.7 Å². The lowest BCUT2D eigenvalue weighted by Crippen LogP contribution is -2.45. The maximum Gasteiger partial charge on any atom is 0.268 e. The number of aliphatic hydroxyl groups is 1. The average Bonchev–Trinajstić information content (AvgIpc) is 3.28. The Labute approximate surface area is 409 Å². The summed E-state index contributed by atoms with van der Waals surface area (Å²) in [6.45, 7) is 4.63. The number of quaternary nitrogens is 1. The number of nitrogens with one attached hydrogen (secondary N) is 1. The summed E-state index contributed by atoms with van der Waals surface area (Å²) in [5.41, 5.74) is 0. The average molecular weight is 949 g/mol. The highest BCUT2D eigenvalue weighted by Crippen LogP contribution is 2.38. The summed E-state index contributed by atoms with van der Waals surface area (Å²) < 4.78 is 23.2. The molecule has 66 heavy (non-hydrogen) atoms. The molecule has 3 unspecified atom stereocenters. The van der Waals surface area contributed by atoms with E-state index in [2.05, 4.69) is 55.6 Å².